The van der Waals surface area contributed by atoms with Crippen molar-refractivity contribution < 1.29 is 23.8 Å². The second kappa shape index (κ2) is 8.70. The number of carboxylic acids is 1. The zero-order chi connectivity index (χ0) is 21.1. The van der Waals surface area contributed by atoms with Crippen LogP contribution in [0.5, 0.6) is 0 Å². The van der Waals surface area contributed by atoms with Crippen LogP contribution in [0.15, 0.2) is 24.5 Å². The Morgan fingerprint density at radius 2 is 2.20 bits per heavy atom. The third-order valence-corrected chi connectivity index (χ3v) is 5.38. The average Bonchev–Trinajstić information content (AvgIpc) is 2.76. The fraction of sp³-hybridized carbons (Fsp3) is 0.450. The van der Waals surface area contributed by atoms with E-state index in [-0.39, 0.29) is 30.2 Å². The number of anilines is 2. The van der Waals surface area contributed by atoms with Crippen molar-refractivity contribution in [2.75, 3.05) is 30.0 Å². The van der Waals surface area contributed by atoms with Gasteiger partial charge < -0.3 is 15.2 Å². The summed E-state index contributed by atoms with van der Waals surface area (Å²) in [5, 5.41) is 12.4. The number of carboxylic acid groups (broad SMARTS) is 1. The van der Waals surface area contributed by atoms with Gasteiger partial charge in [-0.25, -0.2) is 19.3 Å². The van der Waals surface area contributed by atoms with Gasteiger partial charge in [0.25, 0.3) is 5.91 Å². The molecule has 1 aliphatic heterocycles. The first-order valence-corrected chi connectivity index (χ1v) is 9.87. The van der Waals surface area contributed by atoms with E-state index in [1.165, 1.54) is 11.1 Å². The molecule has 2 N–H and O–H groups in total. The number of rotatable bonds is 5. The van der Waals surface area contributed by atoms with E-state index in [1.54, 1.807) is 12.1 Å². The van der Waals surface area contributed by atoms with Gasteiger partial charge in [-0.3, -0.25) is 14.5 Å². The molecule has 1 saturated heterocycles. The molecule has 10 heteroatoms. The minimum Gasteiger partial charge on any atom is -0.481 e. The smallest absolute Gasteiger partial charge is 0.306 e. The summed E-state index contributed by atoms with van der Waals surface area (Å²) in [5.74, 6) is -1.36. The monoisotopic (exact) mass is 415 g/mol. The van der Waals surface area contributed by atoms with Crippen LogP contribution in [0.1, 0.15) is 25.7 Å². The Kier molecular flexibility index (Phi) is 5.84. The minimum atomic E-state index is -0.802. The van der Waals surface area contributed by atoms with Crippen LogP contribution in [0.4, 0.5) is 16.2 Å². The van der Waals surface area contributed by atoms with Crippen LogP contribution < -0.4 is 10.2 Å². The Labute approximate surface area is 172 Å². The van der Waals surface area contributed by atoms with Crippen LogP contribution in [-0.4, -0.2) is 57.7 Å². The lowest BCUT2D eigenvalue weighted by molar-refractivity contribution is -0.142. The Balaban J connectivity index is 1.56. The second-order valence-corrected chi connectivity index (χ2v) is 7.43. The van der Waals surface area contributed by atoms with E-state index in [0.717, 1.165) is 19.0 Å². The second-order valence-electron chi connectivity index (χ2n) is 7.43. The van der Waals surface area contributed by atoms with Crippen molar-refractivity contribution in [3.05, 3.63) is 30.3 Å². The molecule has 0 bridgehead atoms. The standard InChI is InChI=1S/C20H22FN5O4/c21-15-10-23-20(24-14-3-1-2-13(8-14)19(28)29)25-18(15)12-4-5-22-16(9-12)26-6-7-30-11-17(26)27/h4-5,9-10,13-14H,1-3,6-8,11H2,(H,28,29)(H,23,24,25)/t13-,14+/m0/s1. The molecule has 0 aromatic carbocycles. The number of aromatic nitrogens is 3. The molecule has 2 fully saturated rings. The van der Waals surface area contributed by atoms with Crippen molar-refractivity contribution in [1.29, 1.82) is 0 Å². The number of morpholine rings is 1. The zero-order valence-corrected chi connectivity index (χ0v) is 16.3. The summed E-state index contributed by atoms with van der Waals surface area (Å²) < 4.78 is 19.6. The molecule has 9 nitrogen and oxygen atoms in total. The third kappa shape index (κ3) is 4.38. The van der Waals surface area contributed by atoms with E-state index >= 15 is 0 Å². The van der Waals surface area contributed by atoms with Gasteiger partial charge in [0.15, 0.2) is 5.82 Å². The van der Waals surface area contributed by atoms with Gasteiger partial charge in [-0.1, -0.05) is 6.42 Å². The molecular weight excluding hydrogens is 393 g/mol. The number of aliphatic carboxylic acids is 1. The quantitative estimate of drug-likeness (QED) is 0.762. The van der Waals surface area contributed by atoms with E-state index in [0.29, 0.717) is 37.4 Å². The van der Waals surface area contributed by atoms with Gasteiger partial charge >= 0.3 is 5.97 Å². The molecule has 1 saturated carbocycles. The molecule has 30 heavy (non-hydrogen) atoms. The summed E-state index contributed by atoms with van der Waals surface area (Å²) in [6, 6.07) is 3.14. The highest BCUT2D eigenvalue weighted by Crippen LogP contribution is 2.28. The van der Waals surface area contributed by atoms with Gasteiger partial charge in [0.1, 0.15) is 18.1 Å². The highest BCUT2D eigenvalue weighted by molar-refractivity contribution is 5.94. The molecule has 2 aromatic rings. The number of ether oxygens (including phenoxy) is 1. The molecule has 3 heterocycles. The number of pyridine rings is 1. The van der Waals surface area contributed by atoms with Crippen molar-refractivity contribution in [3.63, 3.8) is 0 Å². The number of carbonyl (C=O) groups excluding carboxylic acids is 1. The zero-order valence-electron chi connectivity index (χ0n) is 16.3. The molecule has 4 rings (SSSR count). The average molecular weight is 415 g/mol. The maximum atomic E-state index is 14.5. The van der Waals surface area contributed by atoms with Gasteiger partial charge in [-0.15, -0.1) is 0 Å². The first-order valence-electron chi connectivity index (χ1n) is 9.87. The number of amides is 1. The van der Waals surface area contributed by atoms with Crippen molar-refractivity contribution in [3.8, 4) is 11.3 Å². The number of nitrogens with zero attached hydrogens (tertiary/aromatic N) is 4. The molecule has 0 spiro atoms. The van der Waals surface area contributed by atoms with Gasteiger partial charge in [0, 0.05) is 17.8 Å². The molecular formula is C20H22FN5O4. The van der Waals surface area contributed by atoms with Crippen LogP contribution in [0.3, 0.4) is 0 Å². The van der Waals surface area contributed by atoms with E-state index < -0.39 is 17.7 Å². The van der Waals surface area contributed by atoms with Crippen molar-refractivity contribution in [2.45, 2.75) is 31.7 Å². The van der Waals surface area contributed by atoms with E-state index in [1.807, 2.05) is 0 Å². The van der Waals surface area contributed by atoms with Crippen molar-refractivity contribution >= 4 is 23.6 Å². The summed E-state index contributed by atoms with van der Waals surface area (Å²) >= 11 is 0. The maximum Gasteiger partial charge on any atom is 0.306 e. The fourth-order valence-electron chi connectivity index (χ4n) is 3.84. The Hall–Kier alpha value is -3.14. The summed E-state index contributed by atoms with van der Waals surface area (Å²) in [7, 11) is 0. The molecule has 2 aliphatic rings. The largest absolute Gasteiger partial charge is 0.481 e. The van der Waals surface area contributed by atoms with Crippen LogP contribution in [0.25, 0.3) is 11.3 Å². The summed E-state index contributed by atoms with van der Waals surface area (Å²) in [6.45, 7) is 0.771. The van der Waals surface area contributed by atoms with Crippen molar-refractivity contribution in [2.24, 2.45) is 5.92 Å². The van der Waals surface area contributed by atoms with Crippen LogP contribution in [-0.2, 0) is 14.3 Å². The van der Waals surface area contributed by atoms with Gasteiger partial charge in [-0.05, 0) is 31.4 Å². The topological polar surface area (TPSA) is 118 Å². The lowest BCUT2D eigenvalue weighted by Gasteiger charge is -2.27. The molecule has 158 valence electrons. The number of carbonyl (C=O) groups is 2. The Morgan fingerprint density at radius 1 is 1.33 bits per heavy atom. The van der Waals surface area contributed by atoms with E-state index in [9.17, 15) is 19.1 Å². The van der Waals surface area contributed by atoms with Gasteiger partial charge in [0.2, 0.25) is 5.95 Å². The predicted octanol–water partition coefficient (Wildman–Crippen LogP) is 2.10. The summed E-state index contributed by atoms with van der Waals surface area (Å²) in [5.41, 5.74) is 0.553. The van der Waals surface area contributed by atoms with E-state index in [2.05, 4.69) is 20.3 Å². The lowest BCUT2D eigenvalue weighted by atomic mass is 9.86. The van der Waals surface area contributed by atoms with Gasteiger partial charge in [-0.2, -0.15) is 0 Å². The van der Waals surface area contributed by atoms with Crippen LogP contribution in [0, 0.1) is 11.7 Å². The highest BCUT2D eigenvalue weighted by Gasteiger charge is 2.27. The Morgan fingerprint density at radius 3 is 3.00 bits per heavy atom. The molecule has 0 radical (unpaired) electrons. The van der Waals surface area contributed by atoms with E-state index in [4.69, 9.17) is 4.74 Å². The molecule has 1 amide bonds. The molecule has 2 atom stereocenters. The first-order chi connectivity index (χ1) is 14.5. The predicted molar refractivity (Wildman–Crippen MR) is 105 cm³/mol. The molecule has 2 aromatic heterocycles. The summed E-state index contributed by atoms with van der Waals surface area (Å²) in [6.07, 6.45) is 5.32. The normalized spacial score (nSPS) is 22.0. The number of nitrogens with one attached hydrogen (secondary N) is 1. The highest BCUT2D eigenvalue weighted by atomic mass is 19.1. The molecule has 1 aliphatic carbocycles. The maximum absolute atomic E-state index is 14.5. The first kappa shape index (κ1) is 20.1. The van der Waals surface area contributed by atoms with Crippen LogP contribution in [0.2, 0.25) is 0 Å². The SMILES string of the molecule is O=C(O)[C@H]1CCC[C@@H](Nc2ncc(F)c(-c3ccnc(N4CCOCC4=O)c3)n2)C1. The van der Waals surface area contributed by atoms with Crippen LogP contribution >= 0.6 is 0 Å². The fourth-order valence-corrected chi connectivity index (χ4v) is 3.84. The van der Waals surface area contributed by atoms with Gasteiger partial charge in [0.05, 0.1) is 25.3 Å². The Bertz CT molecular complexity index is 957. The lowest BCUT2D eigenvalue weighted by Crippen LogP contribution is -2.42. The third-order valence-electron chi connectivity index (χ3n) is 5.38. The number of halogens is 1. The molecule has 0 unspecified atom stereocenters. The minimum absolute atomic E-state index is 0.0133. The number of hydrogen-bond acceptors (Lipinski definition) is 7. The summed E-state index contributed by atoms with van der Waals surface area (Å²) in [4.78, 5) is 37.4. The number of hydrogen-bond donors (Lipinski definition) is 2. The van der Waals surface area contributed by atoms with Crippen molar-refractivity contribution in [1.82, 2.24) is 15.0 Å².